The lowest BCUT2D eigenvalue weighted by Gasteiger charge is -2.32. The third-order valence-electron chi connectivity index (χ3n) is 6.62. The molecule has 4 rings (SSSR count). The number of rotatable bonds is 8. The lowest BCUT2D eigenvalue weighted by atomic mass is 10.1. The highest BCUT2D eigenvalue weighted by atomic mass is 19.1. The summed E-state index contributed by atoms with van der Waals surface area (Å²) >= 11 is 0. The van der Waals surface area contributed by atoms with Crippen LogP contribution >= 0.6 is 0 Å². The highest BCUT2D eigenvalue weighted by Crippen LogP contribution is 2.34. The molecule has 2 heterocycles. The van der Waals surface area contributed by atoms with Crippen LogP contribution in [0.15, 0.2) is 18.2 Å². The third kappa shape index (κ3) is 6.22. The van der Waals surface area contributed by atoms with Gasteiger partial charge in [0.15, 0.2) is 11.6 Å². The normalized spacial score (nSPS) is 18.0. The Labute approximate surface area is 195 Å². The highest BCUT2D eigenvalue weighted by Gasteiger charge is 2.26. The molecule has 1 aliphatic heterocycles. The number of aromatic nitrogens is 3. The van der Waals surface area contributed by atoms with Crippen molar-refractivity contribution in [2.75, 3.05) is 49.2 Å². The van der Waals surface area contributed by atoms with E-state index in [0.29, 0.717) is 17.6 Å². The van der Waals surface area contributed by atoms with Gasteiger partial charge in [0.05, 0.1) is 7.11 Å². The lowest BCUT2D eigenvalue weighted by Crippen LogP contribution is -2.34. The van der Waals surface area contributed by atoms with Crippen LogP contribution in [0.25, 0.3) is 0 Å². The summed E-state index contributed by atoms with van der Waals surface area (Å²) in [7, 11) is 1.47. The van der Waals surface area contributed by atoms with E-state index < -0.39 is 5.82 Å². The summed E-state index contributed by atoms with van der Waals surface area (Å²) in [5.41, 5.74) is 6.79. The van der Waals surface area contributed by atoms with Gasteiger partial charge in [0, 0.05) is 30.9 Å². The fraction of sp³-hybridized carbons (Fsp3) is 0.625. The smallest absolute Gasteiger partial charge is 0.236 e. The van der Waals surface area contributed by atoms with Crippen molar-refractivity contribution in [1.82, 2.24) is 19.9 Å². The Kier molecular flexibility index (Phi) is 8.15. The number of nitrogens with two attached hydrogens (primary N) is 1. The number of hydrogen-bond acceptors (Lipinski definition) is 8. The molecule has 1 saturated heterocycles. The Morgan fingerprint density at radius 2 is 1.79 bits per heavy atom. The average Bonchev–Trinajstić information content (AvgIpc) is 3.09. The van der Waals surface area contributed by atoms with E-state index >= 15 is 0 Å². The number of ether oxygens (including phenoxy) is 1. The molecule has 0 bridgehead atoms. The van der Waals surface area contributed by atoms with Crippen molar-refractivity contribution in [2.24, 2.45) is 0 Å². The Morgan fingerprint density at radius 3 is 2.48 bits per heavy atom. The van der Waals surface area contributed by atoms with Gasteiger partial charge < -0.3 is 25.6 Å². The summed E-state index contributed by atoms with van der Waals surface area (Å²) in [5, 5.41) is 3.32. The molecule has 3 N–H and O–H groups in total. The van der Waals surface area contributed by atoms with Gasteiger partial charge in [-0.1, -0.05) is 32.1 Å². The Hall–Kier alpha value is -2.68. The van der Waals surface area contributed by atoms with Gasteiger partial charge in [0.25, 0.3) is 0 Å². The maximum absolute atomic E-state index is 14.6. The minimum atomic E-state index is -0.407. The van der Waals surface area contributed by atoms with Crippen LogP contribution in [0, 0.1) is 5.82 Å². The van der Waals surface area contributed by atoms with Crippen LogP contribution in [0.1, 0.15) is 57.8 Å². The number of benzene rings is 1. The van der Waals surface area contributed by atoms with Crippen LogP contribution in [0.5, 0.6) is 5.75 Å². The monoisotopic (exact) mass is 457 g/mol. The van der Waals surface area contributed by atoms with Crippen molar-refractivity contribution in [2.45, 2.75) is 63.8 Å². The van der Waals surface area contributed by atoms with Gasteiger partial charge in [-0.2, -0.15) is 15.0 Å². The van der Waals surface area contributed by atoms with E-state index in [0.717, 1.165) is 51.9 Å². The maximum Gasteiger partial charge on any atom is 0.236 e. The zero-order valence-electron chi connectivity index (χ0n) is 19.6. The van der Waals surface area contributed by atoms with E-state index in [4.69, 9.17) is 15.5 Å². The Morgan fingerprint density at radius 1 is 1.06 bits per heavy atom. The minimum Gasteiger partial charge on any atom is -0.494 e. The van der Waals surface area contributed by atoms with E-state index in [1.165, 1.54) is 45.3 Å². The van der Waals surface area contributed by atoms with Gasteiger partial charge >= 0.3 is 0 Å². The molecule has 1 aromatic heterocycles. The number of anilines is 4. The van der Waals surface area contributed by atoms with Crippen molar-refractivity contribution in [3.63, 3.8) is 0 Å². The van der Waals surface area contributed by atoms with E-state index in [9.17, 15) is 4.39 Å². The molecule has 2 aliphatic rings. The first-order valence-electron chi connectivity index (χ1n) is 12.2. The highest BCUT2D eigenvalue weighted by molar-refractivity contribution is 5.61. The molecule has 8 nitrogen and oxygen atoms in total. The Bertz CT molecular complexity index is 898. The molecule has 9 heteroatoms. The predicted octanol–water partition coefficient (Wildman–Crippen LogP) is 4.36. The number of nitrogen functional groups attached to an aromatic ring is 1. The quantitative estimate of drug-likeness (QED) is 0.565. The number of nitrogens with zero attached hydrogens (tertiary/aromatic N) is 5. The second kappa shape index (κ2) is 11.4. The first kappa shape index (κ1) is 23.5. The van der Waals surface area contributed by atoms with Crippen molar-refractivity contribution >= 4 is 23.5 Å². The van der Waals surface area contributed by atoms with Crippen molar-refractivity contribution < 1.29 is 9.13 Å². The molecule has 0 spiro atoms. The molecule has 1 saturated carbocycles. The average molecular weight is 458 g/mol. The number of methoxy groups -OCH3 is 1. The topological polar surface area (TPSA) is 92.4 Å². The molecule has 2 fully saturated rings. The molecule has 1 aromatic carbocycles. The van der Waals surface area contributed by atoms with Gasteiger partial charge in [0.1, 0.15) is 0 Å². The number of likely N-dealkylation sites (tertiary alicyclic amines) is 1. The molecule has 2 aromatic rings. The van der Waals surface area contributed by atoms with Crippen LogP contribution in [0.4, 0.5) is 27.9 Å². The van der Waals surface area contributed by atoms with Crippen molar-refractivity contribution in [3.8, 4) is 5.75 Å². The molecule has 0 amide bonds. The summed E-state index contributed by atoms with van der Waals surface area (Å²) < 4.78 is 19.7. The number of halogens is 1. The fourth-order valence-corrected chi connectivity index (χ4v) is 4.89. The number of hydrogen-bond donors (Lipinski definition) is 2. The SMILES string of the molecule is COc1ccc(N(c2nc(N)nc(NCCN3CCCCC3)n2)C2CCCCCC2)cc1F. The maximum atomic E-state index is 14.6. The molecular formula is C24H36FN7O. The zero-order chi connectivity index (χ0) is 23.0. The predicted molar refractivity (Wildman–Crippen MR) is 130 cm³/mol. The first-order chi connectivity index (χ1) is 16.1. The van der Waals surface area contributed by atoms with Gasteiger partial charge in [-0.05, 0) is 50.9 Å². The first-order valence-corrected chi connectivity index (χ1v) is 12.2. The van der Waals surface area contributed by atoms with E-state index in [1.54, 1.807) is 6.07 Å². The van der Waals surface area contributed by atoms with Crippen LogP contribution in [0.2, 0.25) is 0 Å². The largest absolute Gasteiger partial charge is 0.494 e. The van der Waals surface area contributed by atoms with Crippen LogP contribution < -0.4 is 20.7 Å². The molecular weight excluding hydrogens is 421 g/mol. The standard InChI is InChI=1S/C24H36FN7O/c1-33-21-12-11-19(17-20(21)25)32(18-9-5-2-3-6-10-18)24-29-22(26)28-23(30-24)27-13-16-31-14-7-4-8-15-31/h11-12,17-18H,2-10,13-16H2,1H3,(H3,26,27,28,29,30). The molecule has 180 valence electrons. The second-order valence-electron chi connectivity index (χ2n) is 8.98. The van der Waals surface area contributed by atoms with E-state index in [-0.39, 0.29) is 17.7 Å². The molecule has 0 atom stereocenters. The lowest BCUT2D eigenvalue weighted by molar-refractivity contribution is 0.237. The summed E-state index contributed by atoms with van der Waals surface area (Å²) in [4.78, 5) is 18.0. The summed E-state index contributed by atoms with van der Waals surface area (Å²) in [6.07, 6.45) is 10.5. The minimum absolute atomic E-state index is 0.160. The van der Waals surface area contributed by atoms with Gasteiger partial charge in [-0.3, -0.25) is 0 Å². The van der Waals surface area contributed by atoms with Gasteiger partial charge in [-0.15, -0.1) is 0 Å². The van der Waals surface area contributed by atoms with Crippen LogP contribution in [-0.4, -0.2) is 59.2 Å². The van der Waals surface area contributed by atoms with Crippen molar-refractivity contribution in [3.05, 3.63) is 24.0 Å². The van der Waals surface area contributed by atoms with E-state index in [2.05, 4.69) is 20.2 Å². The van der Waals surface area contributed by atoms with E-state index in [1.807, 2.05) is 11.0 Å². The number of nitrogens with one attached hydrogen (secondary N) is 1. The van der Waals surface area contributed by atoms with Crippen LogP contribution in [0.3, 0.4) is 0 Å². The summed E-state index contributed by atoms with van der Waals surface area (Å²) in [6, 6.07) is 5.17. The molecule has 0 unspecified atom stereocenters. The van der Waals surface area contributed by atoms with Crippen LogP contribution in [-0.2, 0) is 0 Å². The molecule has 1 aliphatic carbocycles. The Balaban J connectivity index is 1.58. The molecule has 33 heavy (non-hydrogen) atoms. The zero-order valence-corrected chi connectivity index (χ0v) is 19.6. The summed E-state index contributed by atoms with van der Waals surface area (Å²) in [5.74, 6) is 0.889. The van der Waals surface area contributed by atoms with Gasteiger partial charge in [0.2, 0.25) is 17.8 Å². The summed E-state index contributed by atoms with van der Waals surface area (Å²) in [6.45, 7) is 3.97. The fourth-order valence-electron chi connectivity index (χ4n) is 4.89. The molecule has 0 radical (unpaired) electrons. The van der Waals surface area contributed by atoms with Gasteiger partial charge in [-0.25, -0.2) is 4.39 Å². The second-order valence-corrected chi connectivity index (χ2v) is 8.98. The number of piperidine rings is 1. The third-order valence-corrected chi connectivity index (χ3v) is 6.62. The van der Waals surface area contributed by atoms with Crippen molar-refractivity contribution in [1.29, 1.82) is 0 Å².